The molecule has 1 aromatic rings. The van der Waals surface area contributed by atoms with Gasteiger partial charge >= 0.3 is 0 Å². The molecule has 0 unspecified atom stereocenters. The fourth-order valence-corrected chi connectivity index (χ4v) is 3.60. The Balaban J connectivity index is 3.09. The molecule has 7 heteroatoms. The van der Waals surface area contributed by atoms with Gasteiger partial charge in [0.2, 0.25) is 10.0 Å². The molecule has 0 aromatic heterocycles. The van der Waals surface area contributed by atoms with Crippen LogP contribution in [0.15, 0.2) is 29.2 Å². The Morgan fingerprint density at radius 2 is 1.67 bits per heavy atom. The van der Waals surface area contributed by atoms with Gasteiger partial charge in [-0.05, 0) is 18.7 Å². The number of benzene rings is 1. The van der Waals surface area contributed by atoms with Crippen LogP contribution in [0.1, 0.15) is 5.56 Å². The largest absolute Gasteiger partial charge is 0.383 e. The van der Waals surface area contributed by atoms with Gasteiger partial charge in [0.05, 0.1) is 18.1 Å². The summed E-state index contributed by atoms with van der Waals surface area (Å²) in [6, 6.07) is 7.01. The first kappa shape index (κ1) is 18.1. The van der Waals surface area contributed by atoms with E-state index in [1.165, 1.54) is 4.31 Å². The predicted octanol–water partition coefficient (Wildman–Crippen LogP) is 0.690. The van der Waals surface area contributed by atoms with E-state index in [0.717, 1.165) is 5.56 Å². The highest BCUT2D eigenvalue weighted by molar-refractivity contribution is 7.89. The van der Waals surface area contributed by atoms with Crippen LogP contribution in [0.4, 0.5) is 0 Å². The molecule has 120 valence electrons. The van der Waals surface area contributed by atoms with E-state index < -0.39 is 10.0 Å². The second kappa shape index (κ2) is 9.11. The lowest BCUT2D eigenvalue weighted by atomic mass is 10.2. The summed E-state index contributed by atoms with van der Waals surface area (Å²) in [6.45, 7) is 1.79. The fourth-order valence-electron chi connectivity index (χ4n) is 1.97. The average molecular weight is 316 g/mol. The van der Waals surface area contributed by atoms with Crippen molar-refractivity contribution in [3.63, 3.8) is 0 Å². The Bertz CT molecular complexity index is 511. The first-order valence-electron chi connectivity index (χ1n) is 6.78. The van der Waals surface area contributed by atoms with E-state index in [9.17, 15) is 8.42 Å². The molecule has 0 spiro atoms. The van der Waals surface area contributed by atoms with Crippen molar-refractivity contribution in [3.8, 4) is 0 Å². The zero-order chi connectivity index (χ0) is 15.7. The van der Waals surface area contributed by atoms with Gasteiger partial charge in [-0.25, -0.2) is 8.42 Å². The van der Waals surface area contributed by atoms with Crippen LogP contribution in [0.25, 0.3) is 0 Å². The van der Waals surface area contributed by atoms with E-state index in [4.69, 9.17) is 9.47 Å². The van der Waals surface area contributed by atoms with Crippen molar-refractivity contribution in [3.05, 3.63) is 29.8 Å². The van der Waals surface area contributed by atoms with Crippen LogP contribution in [0.5, 0.6) is 0 Å². The van der Waals surface area contributed by atoms with E-state index in [1.807, 2.05) is 12.1 Å². The van der Waals surface area contributed by atoms with Gasteiger partial charge in [0, 0.05) is 33.9 Å². The third kappa shape index (κ3) is 5.05. The molecule has 6 nitrogen and oxygen atoms in total. The monoisotopic (exact) mass is 316 g/mol. The van der Waals surface area contributed by atoms with Crippen molar-refractivity contribution >= 4 is 10.0 Å². The number of methoxy groups -OCH3 is 2. The summed E-state index contributed by atoms with van der Waals surface area (Å²) in [5.41, 5.74) is 0.750. The molecule has 0 amide bonds. The van der Waals surface area contributed by atoms with E-state index in [-0.39, 0.29) is 0 Å². The fraction of sp³-hybridized carbons (Fsp3) is 0.571. The summed E-state index contributed by atoms with van der Waals surface area (Å²) in [7, 11) is 1.33. The summed E-state index contributed by atoms with van der Waals surface area (Å²) < 4.78 is 37.1. The Morgan fingerprint density at radius 3 is 2.19 bits per heavy atom. The standard InChI is InChI=1S/C14H24N2O4S/c1-15-12-13-6-4-5-7-14(13)21(17,18)16(8-10-19-2)9-11-20-3/h4-7,15H,8-12H2,1-3H3. The van der Waals surface area contributed by atoms with E-state index in [2.05, 4.69) is 5.32 Å². The van der Waals surface area contributed by atoms with E-state index >= 15 is 0 Å². The number of nitrogens with zero attached hydrogens (tertiary/aromatic N) is 1. The van der Waals surface area contributed by atoms with E-state index in [1.54, 1.807) is 33.4 Å². The summed E-state index contributed by atoms with van der Waals surface area (Å²) in [6.07, 6.45) is 0. The molecule has 21 heavy (non-hydrogen) atoms. The molecule has 1 aromatic carbocycles. The molecule has 0 aliphatic heterocycles. The van der Waals surface area contributed by atoms with Crippen molar-refractivity contribution in [2.45, 2.75) is 11.4 Å². The zero-order valence-corrected chi connectivity index (χ0v) is 13.6. The lowest BCUT2D eigenvalue weighted by Gasteiger charge is -2.23. The van der Waals surface area contributed by atoms with Gasteiger partial charge in [0.1, 0.15) is 0 Å². The number of ether oxygens (including phenoxy) is 2. The summed E-state index contributed by atoms with van der Waals surface area (Å²) >= 11 is 0. The minimum atomic E-state index is -3.57. The van der Waals surface area contributed by atoms with Crippen molar-refractivity contribution in [2.75, 3.05) is 47.6 Å². The Morgan fingerprint density at radius 1 is 1.10 bits per heavy atom. The third-order valence-corrected chi connectivity index (χ3v) is 5.05. The zero-order valence-electron chi connectivity index (χ0n) is 12.8. The minimum absolute atomic E-state index is 0.302. The second-order valence-corrected chi connectivity index (χ2v) is 6.43. The van der Waals surface area contributed by atoms with Gasteiger partial charge in [-0.15, -0.1) is 0 Å². The molecule has 1 rings (SSSR count). The van der Waals surface area contributed by atoms with Gasteiger partial charge in [-0.1, -0.05) is 18.2 Å². The molecule has 0 radical (unpaired) electrons. The SMILES string of the molecule is CNCc1ccccc1S(=O)(=O)N(CCOC)CCOC. The third-order valence-electron chi connectivity index (χ3n) is 3.05. The molecule has 0 saturated carbocycles. The molecule has 0 heterocycles. The highest BCUT2D eigenvalue weighted by Gasteiger charge is 2.26. The Hall–Kier alpha value is -0.990. The van der Waals surface area contributed by atoms with Gasteiger partial charge in [0.25, 0.3) is 0 Å². The number of rotatable bonds is 10. The maximum Gasteiger partial charge on any atom is 0.243 e. The molecule has 0 aliphatic carbocycles. The predicted molar refractivity (Wildman–Crippen MR) is 81.7 cm³/mol. The van der Waals surface area contributed by atoms with Crippen LogP contribution in [0.3, 0.4) is 0 Å². The average Bonchev–Trinajstić information content (AvgIpc) is 2.48. The molecular weight excluding hydrogens is 292 g/mol. The van der Waals surface area contributed by atoms with Crippen LogP contribution in [-0.2, 0) is 26.0 Å². The van der Waals surface area contributed by atoms with Gasteiger partial charge in [-0.3, -0.25) is 0 Å². The highest BCUT2D eigenvalue weighted by atomic mass is 32.2. The quantitative estimate of drug-likeness (QED) is 0.688. The molecule has 0 bridgehead atoms. The number of nitrogens with one attached hydrogen (secondary N) is 1. The smallest absolute Gasteiger partial charge is 0.243 e. The first-order valence-corrected chi connectivity index (χ1v) is 8.22. The van der Waals surface area contributed by atoms with Gasteiger partial charge < -0.3 is 14.8 Å². The molecule has 0 atom stereocenters. The Labute approximate surface area is 127 Å². The molecule has 0 saturated heterocycles. The maximum atomic E-state index is 12.8. The van der Waals surface area contributed by atoms with Crippen LogP contribution in [0.2, 0.25) is 0 Å². The number of sulfonamides is 1. The van der Waals surface area contributed by atoms with Crippen molar-refractivity contribution in [1.82, 2.24) is 9.62 Å². The lowest BCUT2D eigenvalue weighted by Crippen LogP contribution is -2.37. The van der Waals surface area contributed by atoms with Crippen molar-refractivity contribution in [1.29, 1.82) is 0 Å². The van der Waals surface area contributed by atoms with Gasteiger partial charge in [-0.2, -0.15) is 4.31 Å². The molecule has 0 aliphatic rings. The maximum absolute atomic E-state index is 12.8. The van der Waals surface area contributed by atoms with Gasteiger partial charge in [0.15, 0.2) is 0 Å². The molecule has 1 N–H and O–H groups in total. The van der Waals surface area contributed by atoms with E-state index in [0.29, 0.717) is 37.7 Å². The number of hydrogen-bond acceptors (Lipinski definition) is 5. The summed E-state index contributed by atoms with van der Waals surface area (Å²) in [5.74, 6) is 0. The van der Waals surface area contributed by atoms with Crippen LogP contribution >= 0.6 is 0 Å². The van der Waals surface area contributed by atoms with Crippen molar-refractivity contribution < 1.29 is 17.9 Å². The summed E-state index contributed by atoms with van der Waals surface area (Å²) in [4.78, 5) is 0.326. The second-order valence-electron chi connectivity index (χ2n) is 4.53. The topological polar surface area (TPSA) is 67.9 Å². The number of hydrogen-bond donors (Lipinski definition) is 1. The highest BCUT2D eigenvalue weighted by Crippen LogP contribution is 2.20. The molecule has 0 fully saturated rings. The van der Waals surface area contributed by atoms with Crippen molar-refractivity contribution in [2.24, 2.45) is 0 Å². The first-order chi connectivity index (χ1) is 10.1. The molecular formula is C14H24N2O4S. The van der Waals surface area contributed by atoms with Crippen LogP contribution in [0, 0.1) is 0 Å². The Kier molecular flexibility index (Phi) is 7.84. The summed E-state index contributed by atoms with van der Waals surface area (Å²) in [5, 5.41) is 2.99. The van der Waals surface area contributed by atoms with Crippen LogP contribution < -0.4 is 5.32 Å². The minimum Gasteiger partial charge on any atom is -0.383 e. The lowest BCUT2D eigenvalue weighted by molar-refractivity contribution is 0.150. The van der Waals surface area contributed by atoms with Crippen LogP contribution in [-0.4, -0.2) is 60.3 Å². The normalized spacial score (nSPS) is 12.0.